The van der Waals surface area contributed by atoms with Gasteiger partial charge in [0, 0.05) is 73.4 Å². The molecule has 2 saturated carbocycles. The summed E-state index contributed by atoms with van der Waals surface area (Å²) in [5, 5.41) is 21.0. The molecule has 0 radical (unpaired) electrons. The Kier molecular flexibility index (Phi) is 17.1. The second kappa shape index (κ2) is 19.1. The van der Waals surface area contributed by atoms with Crippen molar-refractivity contribution in [2.24, 2.45) is 9.98 Å². The third kappa shape index (κ3) is 9.87. The number of Topliss-reactive ketones (excluding diaryl/α,β-unsaturated/α-hetero) is 2. The van der Waals surface area contributed by atoms with E-state index in [0.29, 0.717) is 22.3 Å². The first kappa shape index (κ1) is 37.7. The van der Waals surface area contributed by atoms with Gasteiger partial charge in [0.1, 0.15) is 0 Å². The Hall–Kier alpha value is -2.32. The molecule has 4 N–H and O–H groups in total. The fraction of sp³-hybridized carbons (Fsp3) is 0.500. The number of allylic oxidation sites excluding steroid dienone is 10. The maximum Gasteiger partial charge on any atom is 1.00 e. The van der Waals surface area contributed by atoms with Crippen LogP contribution in [-0.4, -0.2) is 72.6 Å². The van der Waals surface area contributed by atoms with Crippen LogP contribution in [0.3, 0.4) is 0 Å². The molecule has 0 saturated heterocycles. The molecule has 0 aromatic carbocycles. The first-order chi connectivity index (χ1) is 19.5. The standard InChI is InChI=1S/C30H36N4O2.2CH4O.2Cu/c1-19-11-21-15-31-25-7-3-5-9-27(25)33-17-23-13-20(2)14-24(30(23)36)18-34-28-10-6-4-8-26(28)32-16-22(12-19)29(21)35;2*1-2;;/h11-18,25-28,31,34H,3-10H2,1-2H3;2*2H,1H3;;/q;;;2*+1. The smallest absolute Gasteiger partial charge is 0.400 e. The molecule has 5 rings (SSSR count). The summed E-state index contributed by atoms with van der Waals surface area (Å²) in [4.78, 5) is 36.3. The zero-order chi connectivity index (χ0) is 29.1. The van der Waals surface area contributed by atoms with Crippen molar-refractivity contribution >= 4 is 24.0 Å². The van der Waals surface area contributed by atoms with Crippen LogP contribution in [0, 0.1) is 0 Å². The number of aliphatic hydroxyl groups is 2. The molecule has 1 aliphatic heterocycles. The number of rotatable bonds is 0. The van der Waals surface area contributed by atoms with Crippen LogP contribution in [-0.2, 0) is 43.7 Å². The van der Waals surface area contributed by atoms with Crippen LogP contribution in [0.5, 0.6) is 0 Å². The van der Waals surface area contributed by atoms with Crippen molar-refractivity contribution < 1.29 is 53.9 Å². The molecule has 2 fully saturated rings. The number of nitrogens with one attached hydrogen (secondary N) is 2. The quantitative estimate of drug-likeness (QED) is 0.290. The van der Waals surface area contributed by atoms with Crippen molar-refractivity contribution in [1.82, 2.24) is 10.6 Å². The average Bonchev–Trinajstić information content (AvgIpc) is 2.98. The van der Waals surface area contributed by atoms with Crippen LogP contribution in [0.2, 0.25) is 0 Å². The normalized spacial score (nSPS) is 26.8. The van der Waals surface area contributed by atoms with Crippen molar-refractivity contribution in [2.45, 2.75) is 89.4 Å². The van der Waals surface area contributed by atoms with Gasteiger partial charge in [-0.15, -0.1) is 0 Å². The molecule has 10 heteroatoms. The zero-order valence-electron chi connectivity index (χ0n) is 24.8. The van der Waals surface area contributed by atoms with Crippen LogP contribution in [0.4, 0.5) is 0 Å². The Labute approximate surface area is 271 Å². The maximum atomic E-state index is 13.3. The van der Waals surface area contributed by atoms with Crippen LogP contribution in [0.25, 0.3) is 0 Å². The minimum absolute atomic E-state index is 0. The number of hydrogen-bond donors (Lipinski definition) is 4. The summed E-state index contributed by atoms with van der Waals surface area (Å²) in [5.41, 5.74) is 4.65. The van der Waals surface area contributed by atoms with E-state index in [1.165, 1.54) is 0 Å². The van der Waals surface area contributed by atoms with Crippen LogP contribution >= 0.6 is 0 Å². The van der Waals surface area contributed by atoms with Crippen molar-refractivity contribution in [3.63, 3.8) is 0 Å². The molecule has 4 unspecified atom stereocenters. The third-order valence-corrected chi connectivity index (χ3v) is 7.76. The summed E-state index contributed by atoms with van der Waals surface area (Å²) in [6.45, 7) is 4.04. The number of aliphatic hydroxyl groups excluding tert-OH is 2. The molecule has 0 spiro atoms. The molecule has 8 nitrogen and oxygen atoms in total. The van der Waals surface area contributed by atoms with E-state index in [1.807, 2.05) is 50.6 Å². The van der Waals surface area contributed by atoms with E-state index in [1.54, 1.807) is 12.4 Å². The van der Waals surface area contributed by atoms with E-state index in [4.69, 9.17) is 20.2 Å². The van der Waals surface area contributed by atoms with Gasteiger partial charge in [-0.1, -0.05) is 25.7 Å². The monoisotopic (exact) mass is 674 g/mol. The second-order valence-electron chi connectivity index (χ2n) is 10.6. The summed E-state index contributed by atoms with van der Waals surface area (Å²) >= 11 is 0. The summed E-state index contributed by atoms with van der Waals surface area (Å²) in [7, 11) is 2.00. The van der Waals surface area contributed by atoms with Gasteiger partial charge in [-0.3, -0.25) is 19.6 Å². The Bertz CT molecular complexity index is 1100. The SMILES string of the molecule is CC1=CC2=CNC3CCCCC3N=CC3=CC(C)=CC(=CNC4CCCCC4N=CC(=C1)C2=O)C3=O.CO.CO.[Cu+].[Cu+]. The van der Waals surface area contributed by atoms with E-state index in [9.17, 15) is 9.59 Å². The van der Waals surface area contributed by atoms with Crippen molar-refractivity contribution in [3.8, 4) is 0 Å². The van der Waals surface area contributed by atoms with E-state index in [0.717, 1.165) is 76.7 Å². The summed E-state index contributed by atoms with van der Waals surface area (Å²) in [6.07, 6.45) is 23.3. The zero-order valence-corrected chi connectivity index (χ0v) is 26.7. The number of carbonyl (C=O) groups excluding carboxylic acids is 2. The molecule has 4 bridgehead atoms. The summed E-state index contributed by atoms with van der Waals surface area (Å²) in [5.74, 6) is 0.00400. The van der Waals surface area contributed by atoms with E-state index in [-0.39, 0.29) is 69.9 Å². The van der Waals surface area contributed by atoms with Gasteiger partial charge < -0.3 is 20.8 Å². The molecule has 42 heavy (non-hydrogen) atoms. The van der Waals surface area contributed by atoms with Gasteiger partial charge in [-0.2, -0.15) is 0 Å². The summed E-state index contributed by atoms with van der Waals surface area (Å²) in [6, 6.07) is 0.370. The molecule has 4 atom stereocenters. The number of nitrogens with zero attached hydrogens (tertiary/aromatic N) is 2. The number of fused-ring (bicyclic) bond motifs is 6. The Balaban J connectivity index is 0.00000141. The van der Waals surface area contributed by atoms with Crippen LogP contribution < -0.4 is 10.6 Å². The number of hydrogen-bond acceptors (Lipinski definition) is 8. The van der Waals surface area contributed by atoms with Gasteiger partial charge in [0.2, 0.25) is 0 Å². The molecule has 5 aliphatic rings. The molecule has 0 amide bonds. The minimum Gasteiger partial charge on any atom is -0.400 e. The second-order valence-corrected chi connectivity index (χ2v) is 10.6. The van der Waals surface area contributed by atoms with Gasteiger partial charge in [-0.25, -0.2) is 0 Å². The van der Waals surface area contributed by atoms with Crippen molar-refractivity contribution in [3.05, 3.63) is 70.1 Å². The third-order valence-electron chi connectivity index (χ3n) is 7.76. The number of ketones is 2. The van der Waals surface area contributed by atoms with Gasteiger partial charge in [0.15, 0.2) is 11.6 Å². The Morgan fingerprint density at radius 2 is 0.952 bits per heavy atom. The first-order valence-electron chi connectivity index (χ1n) is 14.3. The average molecular weight is 676 g/mol. The first-order valence-corrected chi connectivity index (χ1v) is 14.3. The minimum atomic E-state index is 0. The predicted octanol–water partition coefficient (Wildman–Crippen LogP) is 3.83. The van der Waals surface area contributed by atoms with Crippen molar-refractivity contribution in [2.75, 3.05) is 14.2 Å². The van der Waals surface area contributed by atoms with Crippen LogP contribution in [0.15, 0.2) is 80.1 Å². The fourth-order valence-corrected chi connectivity index (χ4v) is 5.78. The molecule has 0 aromatic heterocycles. The van der Waals surface area contributed by atoms with E-state index < -0.39 is 0 Å². The largest absolute Gasteiger partial charge is 1.00 e. The molecule has 236 valence electrons. The molecule has 1 heterocycles. The summed E-state index contributed by atoms with van der Waals surface area (Å²) < 4.78 is 0. The van der Waals surface area contributed by atoms with Gasteiger partial charge in [-0.05, 0) is 75.0 Å². The number of carbonyl (C=O) groups is 2. The fourth-order valence-electron chi connectivity index (χ4n) is 5.78. The van der Waals surface area contributed by atoms with Gasteiger partial charge >= 0.3 is 34.1 Å². The maximum absolute atomic E-state index is 13.3. The van der Waals surface area contributed by atoms with E-state index >= 15 is 0 Å². The Morgan fingerprint density at radius 3 is 1.33 bits per heavy atom. The Morgan fingerprint density at radius 1 is 0.595 bits per heavy atom. The van der Waals surface area contributed by atoms with Gasteiger partial charge in [0.05, 0.1) is 12.1 Å². The van der Waals surface area contributed by atoms with Gasteiger partial charge in [0.25, 0.3) is 0 Å². The molecular formula is C32H44Cu2N4O4+2. The van der Waals surface area contributed by atoms with Crippen molar-refractivity contribution in [1.29, 1.82) is 0 Å². The van der Waals surface area contributed by atoms with E-state index in [2.05, 4.69) is 10.6 Å². The molecule has 4 aliphatic carbocycles. The topological polar surface area (TPSA) is 123 Å². The van der Waals surface area contributed by atoms with Crippen LogP contribution in [0.1, 0.15) is 65.2 Å². The molecular weight excluding hydrogens is 631 g/mol. The predicted molar refractivity (Wildman–Crippen MR) is 161 cm³/mol. The number of aliphatic imine (C=N–C) groups is 2. The molecule has 0 aromatic rings.